The standard InChI is InChI=1S/C18H12ClFN4OS/c1-24-8-12(11-3-2-6-21-16(11)24)18-23-15(9-26-18)17(25)22-14-5-4-10(19)7-13(14)20/h2-9H,1H3,(H,22,25). The van der Waals surface area contributed by atoms with Gasteiger partial charge < -0.3 is 9.88 Å². The number of carbonyl (C=O) groups excluding carboxylic acids is 1. The van der Waals surface area contributed by atoms with Gasteiger partial charge in [0.2, 0.25) is 0 Å². The molecular weight excluding hydrogens is 375 g/mol. The van der Waals surface area contributed by atoms with E-state index in [1.54, 1.807) is 11.6 Å². The van der Waals surface area contributed by atoms with Crippen molar-refractivity contribution in [1.29, 1.82) is 0 Å². The Balaban J connectivity index is 1.64. The number of nitrogens with one attached hydrogen (secondary N) is 1. The van der Waals surface area contributed by atoms with E-state index < -0.39 is 11.7 Å². The lowest BCUT2D eigenvalue weighted by Gasteiger charge is -2.04. The largest absolute Gasteiger partial charge is 0.335 e. The van der Waals surface area contributed by atoms with E-state index in [1.165, 1.54) is 23.5 Å². The number of halogens is 2. The Kier molecular flexibility index (Phi) is 4.18. The number of fused-ring (bicyclic) bond motifs is 1. The van der Waals surface area contributed by atoms with Crippen molar-refractivity contribution in [3.05, 3.63) is 64.6 Å². The number of nitrogens with zero attached hydrogens (tertiary/aromatic N) is 3. The molecule has 0 fully saturated rings. The fraction of sp³-hybridized carbons (Fsp3) is 0.0556. The number of rotatable bonds is 3. The average molecular weight is 387 g/mol. The maximum Gasteiger partial charge on any atom is 0.275 e. The average Bonchev–Trinajstić information content (AvgIpc) is 3.23. The molecule has 1 N–H and O–H groups in total. The molecule has 0 atom stereocenters. The normalized spacial score (nSPS) is 11.0. The summed E-state index contributed by atoms with van der Waals surface area (Å²) in [7, 11) is 1.91. The number of thiazole rings is 1. The van der Waals surface area contributed by atoms with E-state index in [4.69, 9.17) is 11.6 Å². The summed E-state index contributed by atoms with van der Waals surface area (Å²) in [6.45, 7) is 0. The molecule has 0 unspecified atom stereocenters. The number of aromatic nitrogens is 3. The zero-order valence-electron chi connectivity index (χ0n) is 13.5. The quantitative estimate of drug-likeness (QED) is 0.553. The number of carbonyl (C=O) groups is 1. The topological polar surface area (TPSA) is 59.8 Å². The van der Waals surface area contributed by atoms with Crippen LogP contribution in [-0.2, 0) is 7.05 Å². The third-order valence-corrected chi connectivity index (χ3v) is 4.99. The van der Waals surface area contributed by atoms with Gasteiger partial charge in [0.25, 0.3) is 5.91 Å². The molecule has 26 heavy (non-hydrogen) atoms. The van der Waals surface area contributed by atoms with E-state index in [0.29, 0.717) is 5.01 Å². The summed E-state index contributed by atoms with van der Waals surface area (Å²) < 4.78 is 15.8. The van der Waals surface area contributed by atoms with Gasteiger partial charge in [0.1, 0.15) is 22.2 Å². The number of amides is 1. The Morgan fingerprint density at radius 1 is 1.35 bits per heavy atom. The molecule has 1 amide bonds. The third-order valence-electron chi connectivity index (χ3n) is 3.88. The molecule has 0 aliphatic carbocycles. The van der Waals surface area contributed by atoms with Gasteiger partial charge in [-0.1, -0.05) is 11.6 Å². The fourth-order valence-corrected chi connectivity index (χ4v) is 3.64. The highest BCUT2D eigenvalue weighted by Gasteiger charge is 2.17. The number of hydrogen-bond acceptors (Lipinski definition) is 4. The van der Waals surface area contributed by atoms with Gasteiger partial charge in [-0.25, -0.2) is 14.4 Å². The van der Waals surface area contributed by atoms with Crippen molar-refractivity contribution in [1.82, 2.24) is 14.5 Å². The number of aryl methyl sites for hydroxylation is 1. The first-order chi connectivity index (χ1) is 12.5. The fourth-order valence-electron chi connectivity index (χ4n) is 2.66. The lowest BCUT2D eigenvalue weighted by molar-refractivity contribution is 0.102. The highest BCUT2D eigenvalue weighted by Crippen LogP contribution is 2.31. The van der Waals surface area contributed by atoms with Crippen LogP contribution in [0, 0.1) is 5.82 Å². The smallest absolute Gasteiger partial charge is 0.275 e. The summed E-state index contributed by atoms with van der Waals surface area (Å²) >= 11 is 7.07. The Morgan fingerprint density at radius 3 is 3.00 bits per heavy atom. The van der Waals surface area contributed by atoms with Crippen LogP contribution in [-0.4, -0.2) is 20.4 Å². The molecule has 3 aromatic heterocycles. The SMILES string of the molecule is Cn1cc(-c2nc(C(=O)Nc3ccc(Cl)cc3F)cs2)c2cccnc21. The molecular formula is C18H12ClFN4OS. The van der Waals surface area contributed by atoms with Gasteiger partial charge >= 0.3 is 0 Å². The second-order valence-corrected chi connectivity index (χ2v) is 6.94. The molecule has 0 bridgehead atoms. The number of anilines is 1. The van der Waals surface area contributed by atoms with Crippen LogP contribution in [0.4, 0.5) is 10.1 Å². The molecule has 0 saturated heterocycles. The molecule has 0 aliphatic heterocycles. The first kappa shape index (κ1) is 16.7. The van der Waals surface area contributed by atoms with E-state index in [1.807, 2.05) is 29.9 Å². The zero-order chi connectivity index (χ0) is 18.3. The minimum Gasteiger partial charge on any atom is -0.335 e. The van der Waals surface area contributed by atoms with Gasteiger partial charge in [-0.3, -0.25) is 4.79 Å². The highest BCUT2D eigenvalue weighted by molar-refractivity contribution is 7.13. The van der Waals surface area contributed by atoms with E-state index in [2.05, 4.69) is 15.3 Å². The maximum absolute atomic E-state index is 13.8. The molecule has 4 aromatic rings. The Bertz CT molecular complexity index is 1140. The van der Waals surface area contributed by atoms with Crippen molar-refractivity contribution in [2.45, 2.75) is 0 Å². The predicted molar refractivity (Wildman–Crippen MR) is 101 cm³/mol. The zero-order valence-corrected chi connectivity index (χ0v) is 15.1. The molecule has 0 aliphatic rings. The maximum atomic E-state index is 13.8. The van der Waals surface area contributed by atoms with Crippen LogP contribution in [0.3, 0.4) is 0 Å². The van der Waals surface area contributed by atoms with Crippen LogP contribution in [0.5, 0.6) is 0 Å². The van der Waals surface area contributed by atoms with Gasteiger partial charge in [0, 0.05) is 40.8 Å². The lowest BCUT2D eigenvalue weighted by Crippen LogP contribution is -2.13. The molecule has 8 heteroatoms. The molecule has 0 radical (unpaired) electrons. The van der Waals surface area contributed by atoms with Crippen LogP contribution in [0.2, 0.25) is 5.02 Å². The van der Waals surface area contributed by atoms with Crippen molar-refractivity contribution < 1.29 is 9.18 Å². The Hall–Kier alpha value is -2.77. The number of hydrogen-bond donors (Lipinski definition) is 1. The molecule has 130 valence electrons. The molecule has 3 heterocycles. The van der Waals surface area contributed by atoms with Gasteiger partial charge in [-0.05, 0) is 30.3 Å². The number of benzene rings is 1. The minimum atomic E-state index is -0.596. The van der Waals surface area contributed by atoms with Crippen LogP contribution in [0.1, 0.15) is 10.5 Å². The molecule has 4 rings (SSSR count). The van der Waals surface area contributed by atoms with E-state index in [-0.39, 0.29) is 16.4 Å². The lowest BCUT2D eigenvalue weighted by atomic mass is 10.2. The Labute approximate surface area is 157 Å². The molecule has 0 spiro atoms. The third kappa shape index (κ3) is 2.95. The molecule has 5 nitrogen and oxygen atoms in total. The first-order valence-electron chi connectivity index (χ1n) is 7.65. The van der Waals surface area contributed by atoms with Crippen molar-refractivity contribution in [3.63, 3.8) is 0 Å². The van der Waals surface area contributed by atoms with Crippen LogP contribution in [0.15, 0.2) is 48.1 Å². The summed E-state index contributed by atoms with van der Waals surface area (Å²) in [6, 6.07) is 7.89. The van der Waals surface area contributed by atoms with Gasteiger partial charge in [0.05, 0.1) is 5.69 Å². The summed E-state index contributed by atoms with van der Waals surface area (Å²) in [5.74, 6) is -1.08. The van der Waals surface area contributed by atoms with E-state index in [0.717, 1.165) is 22.7 Å². The van der Waals surface area contributed by atoms with Crippen LogP contribution >= 0.6 is 22.9 Å². The molecule has 1 aromatic carbocycles. The Morgan fingerprint density at radius 2 is 2.19 bits per heavy atom. The van der Waals surface area contributed by atoms with Gasteiger partial charge in [0.15, 0.2) is 0 Å². The summed E-state index contributed by atoms with van der Waals surface area (Å²) in [5, 5.41) is 6.08. The predicted octanol–water partition coefficient (Wildman–Crippen LogP) is 4.74. The van der Waals surface area contributed by atoms with Crippen molar-refractivity contribution in [3.8, 4) is 10.6 Å². The summed E-state index contributed by atoms with van der Waals surface area (Å²) in [4.78, 5) is 21.1. The van der Waals surface area contributed by atoms with E-state index >= 15 is 0 Å². The summed E-state index contributed by atoms with van der Waals surface area (Å²) in [6.07, 6.45) is 3.66. The van der Waals surface area contributed by atoms with Crippen molar-refractivity contribution in [2.24, 2.45) is 7.05 Å². The van der Waals surface area contributed by atoms with Gasteiger partial charge in [-0.2, -0.15) is 0 Å². The van der Waals surface area contributed by atoms with Crippen molar-refractivity contribution >= 4 is 45.6 Å². The van der Waals surface area contributed by atoms with Crippen LogP contribution in [0.25, 0.3) is 21.6 Å². The summed E-state index contributed by atoms with van der Waals surface area (Å²) in [5.41, 5.74) is 2.02. The van der Waals surface area contributed by atoms with Crippen molar-refractivity contribution in [2.75, 3.05) is 5.32 Å². The van der Waals surface area contributed by atoms with Crippen LogP contribution < -0.4 is 5.32 Å². The second kappa shape index (κ2) is 6.51. The highest BCUT2D eigenvalue weighted by atomic mass is 35.5. The minimum absolute atomic E-state index is 0.0586. The first-order valence-corrected chi connectivity index (χ1v) is 8.91. The number of pyridine rings is 1. The molecule has 0 saturated carbocycles. The monoisotopic (exact) mass is 386 g/mol. The van der Waals surface area contributed by atoms with Gasteiger partial charge in [-0.15, -0.1) is 11.3 Å². The second-order valence-electron chi connectivity index (χ2n) is 5.64. The van der Waals surface area contributed by atoms with E-state index in [9.17, 15) is 9.18 Å².